The SMILES string of the molecule is CC(=O)OC1CN(C(=O)OC(C)(C)C)CC[C@H]1C1CN(C(=O)OC(C)(C)C)c2ncccc21. The van der Waals surface area contributed by atoms with Gasteiger partial charge in [-0.3, -0.25) is 9.69 Å². The molecule has 2 amide bonds. The number of nitrogens with zero attached hydrogens (tertiary/aromatic N) is 3. The van der Waals surface area contributed by atoms with Gasteiger partial charge in [0, 0.05) is 43.6 Å². The van der Waals surface area contributed by atoms with E-state index in [1.165, 1.54) is 6.92 Å². The first-order chi connectivity index (χ1) is 15.2. The zero-order chi connectivity index (χ0) is 24.6. The second-order valence-electron chi connectivity index (χ2n) is 10.6. The van der Waals surface area contributed by atoms with Gasteiger partial charge in [-0.2, -0.15) is 0 Å². The van der Waals surface area contributed by atoms with Crippen molar-refractivity contribution >= 4 is 24.0 Å². The Morgan fingerprint density at radius 1 is 1.00 bits per heavy atom. The van der Waals surface area contributed by atoms with Crippen LogP contribution in [0.25, 0.3) is 0 Å². The second-order valence-corrected chi connectivity index (χ2v) is 10.6. The summed E-state index contributed by atoms with van der Waals surface area (Å²) in [4.78, 5) is 45.0. The van der Waals surface area contributed by atoms with Gasteiger partial charge in [0.25, 0.3) is 0 Å². The zero-order valence-electron chi connectivity index (χ0n) is 20.6. The molecule has 3 atom stereocenters. The summed E-state index contributed by atoms with van der Waals surface area (Å²) in [6, 6.07) is 3.78. The van der Waals surface area contributed by atoms with Crippen LogP contribution >= 0.6 is 0 Å². The van der Waals surface area contributed by atoms with Crippen molar-refractivity contribution < 1.29 is 28.6 Å². The average Bonchev–Trinajstić information content (AvgIpc) is 3.04. The molecule has 0 N–H and O–H groups in total. The smallest absolute Gasteiger partial charge is 0.416 e. The molecule has 1 fully saturated rings. The number of carbonyl (C=O) groups excluding carboxylic acids is 3. The normalized spacial score (nSPS) is 23.1. The average molecular weight is 462 g/mol. The fourth-order valence-electron chi connectivity index (χ4n) is 4.38. The van der Waals surface area contributed by atoms with Crippen LogP contribution in [-0.2, 0) is 19.0 Å². The molecule has 0 spiro atoms. The van der Waals surface area contributed by atoms with Gasteiger partial charge >= 0.3 is 18.2 Å². The van der Waals surface area contributed by atoms with E-state index < -0.39 is 35.5 Å². The lowest BCUT2D eigenvalue weighted by atomic mass is 9.79. The number of aromatic nitrogens is 1. The molecule has 0 radical (unpaired) electrons. The molecule has 0 aromatic carbocycles. The molecule has 9 heteroatoms. The standard InChI is InChI=1S/C24H35N3O6/c1-15(28)31-19-14-26(21(29)32-23(2,3)4)12-10-16(19)18-13-27(22(30)33-24(5,6)7)20-17(18)9-8-11-25-20/h8-9,11,16,18-19H,10,12-14H2,1-7H3/t16-,18?,19?/m0/s1. The van der Waals surface area contributed by atoms with Crippen molar-refractivity contribution in [1.29, 1.82) is 0 Å². The van der Waals surface area contributed by atoms with E-state index in [2.05, 4.69) is 4.98 Å². The lowest BCUT2D eigenvalue weighted by Gasteiger charge is -2.40. The first kappa shape index (κ1) is 24.8. The predicted molar refractivity (Wildman–Crippen MR) is 122 cm³/mol. The van der Waals surface area contributed by atoms with Crippen LogP contribution in [0.15, 0.2) is 18.3 Å². The van der Waals surface area contributed by atoms with Crippen LogP contribution in [0.3, 0.4) is 0 Å². The molecule has 1 aromatic rings. The van der Waals surface area contributed by atoms with Crippen molar-refractivity contribution in [2.24, 2.45) is 5.92 Å². The van der Waals surface area contributed by atoms with E-state index in [9.17, 15) is 14.4 Å². The van der Waals surface area contributed by atoms with Crippen LogP contribution < -0.4 is 4.90 Å². The monoisotopic (exact) mass is 461 g/mol. The summed E-state index contributed by atoms with van der Waals surface area (Å²) in [5, 5.41) is 0. The summed E-state index contributed by atoms with van der Waals surface area (Å²) in [6.07, 6.45) is 0.827. The molecule has 9 nitrogen and oxygen atoms in total. The summed E-state index contributed by atoms with van der Waals surface area (Å²) < 4.78 is 16.8. The first-order valence-corrected chi connectivity index (χ1v) is 11.4. The molecule has 1 aromatic heterocycles. The van der Waals surface area contributed by atoms with Gasteiger partial charge in [0.15, 0.2) is 0 Å². The number of rotatable bonds is 2. The molecule has 2 aliphatic rings. The molecule has 33 heavy (non-hydrogen) atoms. The number of anilines is 1. The summed E-state index contributed by atoms with van der Waals surface area (Å²) in [6.45, 7) is 13.3. The van der Waals surface area contributed by atoms with E-state index in [0.29, 0.717) is 25.3 Å². The first-order valence-electron chi connectivity index (χ1n) is 11.4. The summed E-state index contributed by atoms with van der Waals surface area (Å²) in [7, 11) is 0. The molecule has 0 saturated carbocycles. The number of ether oxygens (including phenoxy) is 3. The minimum atomic E-state index is -0.636. The lowest BCUT2D eigenvalue weighted by molar-refractivity contribution is -0.153. The number of hydrogen-bond donors (Lipinski definition) is 0. The van der Waals surface area contributed by atoms with Crippen LogP contribution in [0.1, 0.15) is 66.4 Å². The molecule has 0 bridgehead atoms. The van der Waals surface area contributed by atoms with Gasteiger partial charge in [-0.15, -0.1) is 0 Å². The molecular formula is C24H35N3O6. The highest BCUT2D eigenvalue weighted by molar-refractivity contribution is 5.89. The van der Waals surface area contributed by atoms with Gasteiger partial charge in [-0.1, -0.05) is 6.07 Å². The number of esters is 1. The molecule has 1 saturated heterocycles. The third kappa shape index (κ3) is 6.15. The number of fused-ring (bicyclic) bond motifs is 1. The number of amides is 2. The highest BCUT2D eigenvalue weighted by Crippen LogP contribution is 2.44. The third-order valence-electron chi connectivity index (χ3n) is 5.56. The Labute approximate surface area is 195 Å². The molecular weight excluding hydrogens is 426 g/mol. The van der Waals surface area contributed by atoms with E-state index >= 15 is 0 Å². The fraction of sp³-hybridized carbons (Fsp3) is 0.667. The second kappa shape index (κ2) is 9.19. The lowest BCUT2D eigenvalue weighted by Crippen LogP contribution is -2.51. The predicted octanol–water partition coefficient (Wildman–Crippen LogP) is 4.11. The summed E-state index contributed by atoms with van der Waals surface area (Å²) in [5.74, 6) is -0.0494. The number of pyridine rings is 1. The molecule has 3 heterocycles. The van der Waals surface area contributed by atoms with E-state index in [-0.39, 0.29) is 18.4 Å². The Morgan fingerprint density at radius 3 is 2.24 bits per heavy atom. The molecule has 0 aliphatic carbocycles. The van der Waals surface area contributed by atoms with Crippen molar-refractivity contribution in [3.8, 4) is 0 Å². The van der Waals surface area contributed by atoms with Gasteiger partial charge in [0.2, 0.25) is 0 Å². The Kier molecular flexibility index (Phi) is 6.91. The Hall–Kier alpha value is -2.84. The van der Waals surface area contributed by atoms with Gasteiger partial charge in [-0.25, -0.2) is 14.6 Å². The van der Waals surface area contributed by atoms with Crippen molar-refractivity contribution in [1.82, 2.24) is 9.88 Å². The van der Waals surface area contributed by atoms with Crippen LogP contribution in [0.4, 0.5) is 15.4 Å². The topological polar surface area (TPSA) is 98.3 Å². The van der Waals surface area contributed by atoms with Gasteiger partial charge in [0.1, 0.15) is 23.1 Å². The number of hydrogen-bond acceptors (Lipinski definition) is 7. The Morgan fingerprint density at radius 2 is 1.64 bits per heavy atom. The molecule has 2 aliphatic heterocycles. The van der Waals surface area contributed by atoms with E-state index in [1.54, 1.807) is 16.0 Å². The van der Waals surface area contributed by atoms with Crippen LogP contribution in [0.2, 0.25) is 0 Å². The molecule has 3 rings (SSSR count). The van der Waals surface area contributed by atoms with Crippen molar-refractivity contribution in [3.63, 3.8) is 0 Å². The van der Waals surface area contributed by atoms with Gasteiger partial charge < -0.3 is 19.1 Å². The Bertz CT molecular complexity index is 904. The number of likely N-dealkylation sites (tertiary alicyclic amines) is 1. The fourth-order valence-corrected chi connectivity index (χ4v) is 4.38. The van der Waals surface area contributed by atoms with E-state index in [1.807, 2.05) is 53.7 Å². The van der Waals surface area contributed by atoms with Gasteiger partial charge in [0.05, 0.1) is 6.54 Å². The maximum Gasteiger partial charge on any atom is 0.416 e. The molecule has 182 valence electrons. The minimum absolute atomic E-state index is 0.0945. The third-order valence-corrected chi connectivity index (χ3v) is 5.56. The van der Waals surface area contributed by atoms with Gasteiger partial charge in [-0.05, 0) is 54.0 Å². The summed E-state index contributed by atoms with van der Waals surface area (Å²) >= 11 is 0. The minimum Gasteiger partial charge on any atom is -0.460 e. The maximum atomic E-state index is 12.9. The zero-order valence-corrected chi connectivity index (χ0v) is 20.6. The number of piperidine rings is 1. The number of carbonyl (C=O) groups is 3. The van der Waals surface area contributed by atoms with Crippen LogP contribution in [0, 0.1) is 5.92 Å². The van der Waals surface area contributed by atoms with E-state index in [4.69, 9.17) is 14.2 Å². The van der Waals surface area contributed by atoms with Crippen molar-refractivity contribution in [2.75, 3.05) is 24.5 Å². The van der Waals surface area contributed by atoms with Crippen molar-refractivity contribution in [3.05, 3.63) is 23.9 Å². The summed E-state index contributed by atoms with van der Waals surface area (Å²) in [5.41, 5.74) is -0.339. The highest BCUT2D eigenvalue weighted by atomic mass is 16.6. The van der Waals surface area contributed by atoms with Crippen LogP contribution in [-0.4, -0.2) is 65.0 Å². The quantitative estimate of drug-likeness (QED) is 0.483. The Balaban J connectivity index is 1.84. The molecule has 2 unspecified atom stereocenters. The van der Waals surface area contributed by atoms with E-state index in [0.717, 1.165) is 5.56 Å². The van der Waals surface area contributed by atoms with Crippen LogP contribution in [0.5, 0.6) is 0 Å². The maximum absolute atomic E-state index is 12.9. The largest absolute Gasteiger partial charge is 0.460 e. The van der Waals surface area contributed by atoms with Crippen molar-refractivity contribution in [2.45, 2.75) is 78.1 Å². The highest BCUT2D eigenvalue weighted by Gasteiger charge is 2.45.